The van der Waals surface area contributed by atoms with Crippen LogP contribution >= 0.6 is 11.3 Å². The Bertz CT molecular complexity index is 931. The summed E-state index contributed by atoms with van der Waals surface area (Å²) in [4.78, 5) is 18.6. The fraction of sp³-hybridized carbons (Fsp3) is 0.300. The van der Waals surface area contributed by atoms with E-state index in [4.69, 9.17) is 4.74 Å². The van der Waals surface area contributed by atoms with E-state index in [-0.39, 0.29) is 5.91 Å². The molecule has 138 valence electrons. The SMILES string of the molecule is COc1ccc(-c2cccc(C(=O)NCCc3nc4c(s3)CCC4)c2)nn1. The van der Waals surface area contributed by atoms with E-state index in [2.05, 4.69) is 20.5 Å². The normalized spacial score (nSPS) is 12.6. The van der Waals surface area contributed by atoms with Gasteiger partial charge in [0.05, 0.1) is 23.5 Å². The summed E-state index contributed by atoms with van der Waals surface area (Å²) in [5.74, 6) is 0.364. The molecule has 0 unspecified atom stereocenters. The van der Waals surface area contributed by atoms with Crippen molar-refractivity contribution in [2.75, 3.05) is 13.7 Å². The number of methoxy groups -OCH3 is 1. The minimum atomic E-state index is -0.0950. The quantitative estimate of drug-likeness (QED) is 0.711. The molecule has 0 radical (unpaired) electrons. The maximum Gasteiger partial charge on any atom is 0.251 e. The summed E-state index contributed by atoms with van der Waals surface area (Å²) in [6.07, 6.45) is 4.24. The summed E-state index contributed by atoms with van der Waals surface area (Å²) in [6, 6.07) is 11.0. The number of thiazole rings is 1. The highest BCUT2D eigenvalue weighted by Crippen LogP contribution is 2.27. The second-order valence-corrected chi connectivity index (χ2v) is 7.55. The summed E-state index contributed by atoms with van der Waals surface area (Å²) >= 11 is 1.78. The van der Waals surface area contributed by atoms with E-state index >= 15 is 0 Å². The number of ether oxygens (including phenoxy) is 1. The Morgan fingerprint density at radius 2 is 2.15 bits per heavy atom. The van der Waals surface area contributed by atoms with Gasteiger partial charge < -0.3 is 10.1 Å². The zero-order valence-corrected chi connectivity index (χ0v) is 15.9. The Hall–Kier alpha value is -2.80. The number of amides is 1. The molecule has 0 spiro atoms. The van der Waals surface area contributed by atoms with Gasteiger partial charge in [0.15, 0.2) is 0 Å². The van der Waals surface area contributed by atoms with Gasteiger partial charge in [-0.1, -0.05) is 12.1 Å². The average Bonchev–Trinajstić information content (AvgIpc) is 3.30. The molecule has 0 saturated heterocycles. The molecule has 4 rings (SSSR count). The van der Waals surface area contributed by atoms with E-state index in [1.807, 2.05) is 24.3 Å². The second-order valence-electron chi connectivity index (χ2n) is 6.38. The van der Waals surface area contributed by atoms with Crippen LogP contribution < -0.4 is 10.1 Å². The lowest BCUT2D eigenvalue weighted by Crippen LogP contribution is -2.25. The predicted molar refractivity (Wildman–Crippen MR) is 104 cm³/mol. The molecular weight excluding hydrogens is 360 g/mol. The van der Waals surface area contributed by atoms with E-state index in [1.165, 1.54) is 17.0 Å². The number of benzene rings is 1. The van der Waals surface area contributed by atoms with E-state index in [0.29, 0.717) is 23.7 Å². The molecule has 0 aliphatic heterocycles. The molecule has 0 saturated carbocycles. The predicted octanol–water partition coefficient (Wildman–Crippen LogP) is 3.07. The third-order valence-corrected chi connectivity index (χ3v) is 5.75. The Kier molecular flexibility index (Phi) is 5.11. The van der Waals surface area contributed by atoms with Crippen LogP contribution in [-0.2, 0) is 19.3 Å². The number of fused-ring (bicyclic) bond motifs is 1. The van der Waals surface area contributed by atoms with Crippen LogP contribution in [0.3, 0.4) is 0 Å². The Morgan fingerprint density at radius 1 is 1.22 bits per heavy atom. The molecule has 1 aliphatic rings. The lowest BCUT2D eigenvalue weighted by molar-refractivity contribution is 0.0954. The number of nitrogens with one attached hydrogen (secondary N) is 1. The van der Waals surface area contributed by atoms with Crippen LogP contribution in [0.1, 0.15) is 32.4 Å². The molecule has 0 atom stereocenters. The van der Waals surface area contributed by atoms with Crippen molar-refractivity contribution in [3.05, 3.63) is 57.5 Å². The monoisotopic (exact) mass is 380 g/mol. The molecular formula is C20H20N4O2S. The van der Waals surface area contributed by atoms with Crippen LogP contribution in [-0.4, -0.2) is 34.7 Å². The second kappa shape index (κ2) is 7.84. The number of hydrogen-bond acceptors (Lipinski definition) is 6. The fourth-order valence-corrected chi connectivity index (χ4v) is 4.29. The molecule has 1 aromatic carbocycles. The number of nitrogens with zero attached hydrogens (tertiary/aromatic N) is 3. The van der Waals surface area contributed by atoms with Gasteiger partial charge in [0.2, 0.25) is 5.88 Å². The minimum absolute atomic E-state index is 0.0950. The molecule has 0 bridgehead atoms. The van der Waals surface area contributed by atoms with Crippen LogP contribution in [0.4, 0.5) is 0 Å². The topological polar surface area (TPSA) is 77.0 Å². The van der Waals surface area contributed by atoms with E-state index in [9.17, 15) is 4.79 Å². The van der Waals surface area contributed by atoms with Gasteiger partial charge in [0, 0.05) is 35.0 Å². The van der Waals surface area contributed by atoms with Gasteiger partial charge in [-0.2, -0.15) is 0 Å². The zero-order chi connectivity index (χ0) is 18.6. The van der Waals surface area contributed by atoms with Crippen molar-refractivity contribution >= 4 is 17.2 Å². The van der Waals surface area contributed by atoms with Crippen molar-refractivity contribution in [2.24, 2.45) is 0 Å². The van der Waals surface area contributed by atoms with Crippen molar-refractivity contribution in [2.45, 2.75) is 25.7 Å². The van der Waals surface area contributed by atoms with E-state index in [1.54, 1.807) is 30.6 Å². The van der Waals surface area contributed by atoms with Gasteiger partial charge in [0.25, 0.3) is 5.91 Å². The summed E-state index contributed by atoms with van der Waals surface area (Å²) < 4.78 is 5.03. The van der Waals surface area contributed by atoms with Gasteiger partial charge in [-0.05, 0) is 37.5 Å². The zero-order valence-electron chi connectivity index (χ0n) is 15.1. The molecule has 3 aromatic rings. The molecule has 27 heavy (non-hydrogen) atoms. The van der Waals surface area contributed by atoms with Gasteiger partial charge in [-0.15, -0.1) is 21.5 Å². The summed E-state index contributed by atoms with van der Waals surface area (Å²) in [6.45, 7) is 0.581. The van der Waals surface area contributed by atoms with Crippen LogP contribution in [0.5, 0.6) is 5.88 Å². The van der Waals surface area contributed by atoms with Crippen molar-refractivity contribution in [3.63, 3.8) is 0 Å². The molecule has 1 amide bonds. The third-order valence-electron chi connectivity index (χ3n) is 4.53. The number of rotatable bonds is 6. The summed E-state index contributed by atoms with van der Waals surface area (Å²) in [5, 5.41) is 12.2. The van der Waals surface area contributed by atoms with Crippen LogP contribution in [0.25, 0.3) is 11.3 Å². The Morgan fingerprint density at radius 3 is 2.93 bits per heavy atom. The number of aromatic nitrogens is 3. The van der Waals surface area contributed by atoms with Crippen molar-refractivity contribution in [3.8, 4) is 17.1 Å². The standard InChI is InChI=1S/C20H20N4O2S/c1-26-18-9-8-15(23-24-18)13-4-2-5-14(12-13)20(25)21-11-10-19-22-16-6-3-7-17(16)27-19/h2,4-5,8-9,12H,3,6-7,10-11H2,1H3,(H,21,25). The first-order chi connectivity index (χ1) is 13.2. The van der Waals surface area contributed by atoms with Crippen molar-refractivity contribution in [1.82, 2.24) is 20.5 Å². The van der Waals surface area contributed by atoms with Gasteiger partial charge in [-0.3, -0.25) is 4.79 Å². The molecule has 1 aliphatic carbocycles. The van der Waals surface area contributed by atoms with E-state index in [0.717, 1.165) is 29.8 Å². The first-order valence-electron chi connectivity index (χ1n) is 8.97. The number of carbonyl (C=O) groups excluding carboxylic acids is 1. The number of carbonyl (C=O) groups is 1. The first-order valence-corrected chi connectivity index (χ1v) is 9.78. The summed E-state index contributed by atoms with van der Waals surface area (Å²) in [5.41, 5.74) is 3.40. The van der Waals surface area contributed by atoms with Crippen molar-refractivity contribution in [1.29, 1.82) is 0 Å². The van der Waals surface area contributed by atoms with Crippen LogP contribution in [0, 0.1) is 0 Å². The van der Waals surface area contributed by atoms with Gasteiger partial charge in [-0.25, -0.2) is 4.98 Å². The number of hydrogen-bond donors (Lipinski definition) is 1. The Labute approximate surface area is 161 Å². The molecule has 1 N–H and O–H groups in total. The van der Waals surface area contributed by atoms with Crippen LogP contribution in [0.15, 0.2) is 36.4 Å². The molecule has 7 heteroatoms. The largest absolute Gasteiger partial charge is 0.480 e. The van der Waals surface area contributed by atoms with Crippen LogP contribution in [0.2, 0.25) is 0 Å². The highest BCUT2D eigenvalue weighted by atomic mass is 32.1. The minimum Gasteiger partial charge on any atom is -0.480 e. The lowest BCUT2D eigenvalue weighted by atomic mass is 10.1. The fourth-order valence-electron chi connectivity index (χ4n) is 3.14. The highest BCUT2D eigenvalue weighted by molar-refractivity contribution is 7.11. The smallest absolute Gasteiger partial charge is 0.251 e. The highest BCUT2D eigenvalue weighted by Gasteiger charge is 2.16. The van der Waals surface area contributed by atoms with Gasteiger partial charge in [0.1, 0.15) is 0 Å². The molecule has 6 nitrogen and oxygen atoms in total. The number of aryl methyl sites for hydroxylation is 2. The summed E-state index contributed by atoms with van der Waals surface area (Å²) in [7, 11) is 1.55. The maximum absolute atomic E-state index is 12.5. The Balaban J connectivity index is 1.37. The maximum atomic E-state index is 12.5. The third kappa shape index (κ3) is 3.98. The first kappa shape index (κ1) is 17.6. The van der Waals surface area contributed by atoms with Gasteiger partial charge >= 0.3 is 0 Å². The van der Waals surface area contributed by atoms with E-state index < -0.39 is 0 Å². The molecule has 2 heterocycles. The molecule has 2 aromatic heterocycles. The van der Waals surface area contributed by atoms with Crippen molar-refractivity contribution < 1.29 is 9.53 Å². The molecule has 0 fully saturated rings. The average molecular weight is 380 g/mol. The lowest BCUT2D eigenvalue weighted by Gasteiger charge is -2.06.